The number of imide groups is 1. The van der Waals surface area contributed by atoms with Crippen LogP contribution < -0.4 is 5.32 Å². The number of amides is 2. The molecule has 140 valence electrons. The summed E-state index contributed by atoms with van der Waals surface area (Å²) in [5.41, 5.74) is 0.822. The van der Waals surface area contributed by atoms with Crippen LogP contribution in [0.4, 0.5) is 0 Å². The molecule has 3 rings (SSSR count). The maximum absolute atomic E-state index is 12.9. The first-order chi connectivity index (χ1) is 12.4. The highest BCUT2D eigenvalue weighted by atomic mass is 32.2. The first kappa shape index (κ1) is 18.9. The largest absolute Gasteiger partial charge is 0.468 e. The molecule has 7 heteroatoms. The molecule has 6 nitrogen and oxygen atoms in total. The molecular weight excluding hydrogens is 352 g/mol. The molecule has 0 spiro atoms. The second kappa shape index (κ2) is 7.04. The van der Waals surface area contributed by atoms with Crippen molar-refractivity contribution in [2.75, 3.05) is 26.2 Å². The van der Waals surface area contributed by atoms with Gasteiger partial charge in [-0.15, -0.1) is 0 Å². The number of likely N-dealkylation sites (tertiary alicyclic amines) is 1. The molecule has 2 heterocycles. The summed E-state index contributed by atoms with van der Waals surface area (Å²) in [5, 5.41) is 3.35. The number of thioether (sulfide) groups is 1. The summed E-state index contributed by atoms with van der Waals surface area (Å²) in [5.74, 6) is -1.70. The number of hydrogen-bond acceptors (Lipinski definition) is 6. The van der Waals surface area contributed by atoms with Gasteiger partial charge in [-0.2, -0.15) is 11.8 Å². The van der Waals surface area contributed by atoms with Crippen LogP contribution in [0.5, 0.6) is 0 Å². The van der Waals surface area contributed by atoms with Crippen molar-refractivity contribution in [1.82, 2.24) is 10.2 Å². The molecule has 0 aromatic heterocycles. The zero-order valence-electron chi connectivity index (χ0n) is 15.4. The molecule has 0 radical (unpaired) electrons. The lowest BCUT2D eigenvalue weighted by molar-refractivity contribution is -0.154. The highest BCUT2D eigenvalue weighted by Gasteiger charge is 2.67. The molecular formula is C19H24N2O4S. The molecule has 2 aliphatic heterocycles. The van der Waals surface area contributed by atoms with Gasteiger partial charge in [0.05, 0.1) is 18.9 Å². The van der Waals surface area contributed by atoms with Gasteiger partial charge in [-0.3, -0.25) is 24.6 Å². The molecule has 0 bridgehead atoms. The highest BCUT2D eigenvalue weighted by molar-refractivity contribution is 7.98. The summed E-state index contributed by atoms with van der Waals surface area (Å²) in [6, 6.07) is 7.43. The van der Waals surface area contributed by atoms with E-state index in [2.05, 4.69) is 5.32 Å². The van der Waals surface area contributed by atoms with Crippen molar-refractivity contribution in [3.63, 3.8) is 0 Å². The number of fused-ring (bicyclic) bond motifs is 1. The third-order valence-electron chi connectivity index (χ3n) is 5.56. The Bertz CT molecular complexity index is 736. The number of esters is 1. The summed E-state index contributed by atoms with van der Waals surface area (Å²) in [4.78, 5) is 39.7. The quantitative estimate of drug-likeness (QED) is 0.621. The Kier molecular flexibility index (Phi) is 5.12. The van der Waals surface area contributed by atoms with Crippen molar-refractivity contribution in [2.45, 2.75) is 24.9 Å². The first-order valence-corrected chi connectivity index (χ1v) is 9.99. The Hall–Kier alpha value is -1.86. The van der Waals surface area contributed by atoms with E-state index in [4.69, 9.17) is 4.74 Å². The molecule has 26 heavy (non-hydrogen) atoms. The molecule has 1 N–H and O–H groups in total. The Morgan fingerprint density at radius 2 is 1.92 bits per heavy atom. The van der Waals surface area contributed by atoms with Crippen LogP contribution >= 0.6 is 11.8 Å². The minimum atomic E-state index is -1.19. The van der Waals surface area contributed by atoms with Gasteiger partial charge in [0.2, 0.25) is 11.8 Å². The van der Waals surface area contributed by atoms with Gasteiger partial charge >= 0.3 is 5.97 Å². The number of nitrogens with zero attached hydrogens (tertiary/aromatic N) is 1. The monoisotopic (exact) mass is 376 g/mol. The van der Waals surface area contributed by atoms with Crippen molar-refractivity contribution < 1.29 is 19.1 Å². The molecule has 2 fully saturated rings. The zero-order valence-corrected chi connectivity index (χ0v) is 16.3. The van der Waals surface area contributed by atoms with Crippen LogP contribution in [0.1, 0.15) is 23.6 Å². The smallest absolute Gasteiger partial charge is 0.326 e. The zero-order chi connectivity index (χ0) is 19.1. The second-order valence-electron chi connectivity index (χ2n) is 6.98. The summed E-state index contributed by atoms with van der Waals surface area (Å²) in [7, 11) is 2.82. The lowest BCUT2D eigenvalue weighted by Gasteiger charge is -2.32. The van der Waals surface area contributed by atoms with Gasteiger partial charge < -0.3 is 4.74 Å². The molecule has 1 aromatic rings. The summed E-state index contributed by atoms with van der Waals surface area (Å²) in [6.45, 7) is 1.99. The van der Waals surface area contributed by atoms with E-state index in [0.717, 1.165) is 16.0 Å². The third kappa shape index (κ3) is 2.74. The number of hydrogen-bond donors (Lipinski definition) is 1. The maximum Gasteiger partial charge on any atom is 0.326 e. The van der Waals surface area contributed by atoms with Crippen molar-refractivity contribution in [3.8, 4) is 0 Å². The number of ether oxygens (including phenoxy) is 1. The minimum Gasteiger partial charge on any atom is -0.468 e. The molecule has 2 aliphatic rings. The number of carbonyl (C=O) groups excluding carboxylic acids is 3. The fraction of sp³-hybridized carbons (Fsp3) is 0.526. The summed E-state index contributed by atoms with van der Waals surface area (Å²) in [6.07, 6.45) is 2.37. The van der Waals surface area contributed by atoms with Crippen molar-refractivity contribution in [2.24, 2.45) is 11.8 Å². The van der Waals surface area contributed by atoms with E-state index < -0.39 is 29.4 Å². The van der Waals surface area contributed by atoms with Crippen LogP contribution in [0.15, 0.2) is 24.3 Å². The van der Waals surface area contributed by atoms with Crippen LogP contribution in [-0.2, 0) is 19.1 Å². The molecule has 2 saturated heterocycles. The Morgan fingerprint density at radius 1 is 1.27 bits per heavy atom. The van der Waals surface area contributed by atoms with Gasteiger partial charge in [-0.05, 0) is 30.9 Å². The Morgan fingerprint density at radius 3 is 2.50 bits per heavy atom. The van der Waals surface area contributed by atoms with E-state index in [1.165, 1.54) is 14.2 Å². The van der Waals surface area contributed by atoms with Gasteiger partial charge in [0.25, 0.3) is 0 Å². The second-order valence-corrected chi connectivity index (χ2v) is 7.96. The highest BCUT2D eigenvalue weighted by Crippen LogP contribution is 2.50. The number of rotatable bonds is 5. The number of aryl methyl sites for hydroxylation is 1. The molecule has 2 amide bonds. The molecule has 1 aromatic carbocycles. The van der Waals surface area contributed by atoms with Crippen LogP contribution in [-0.4, -0.2) is 54.4 Å². The van der Waals surface area contributed by atoms with E-state index in [0.29, 0.717) is 12.2 Å². The molecule has 4 atom stereocenters. The van der Waals surface area contributed by atoms with E-state index in [9.17, 15) is 14.4 Å². The predicted molar refractivity (Wildman–Crippen MR) is 99.6 cm³/mol. The topological polar surface area (TPSA) is 75.7 Å². The number of nitrogens with one attached hydrogen (secondary N) is 1. The van der Waals surface area contributed by atoms with Gasteiger partial charge in [-0.1, -0.05) is 29.8 Å². The van der Waals surface area contributed by atoms with Crippen LogP contribution in [0.2, 0.25) is 0 Å². The first-order valence-electron chi connectivity index (χ1n) is 8.60. The maximum atomic E-state index is 12.9. The van der Waals surface area contributed by atoms with Crippen LogP contribution in [0.25, 0.3) is 0 Å². The van der Waals surface area contributed by atoms with Crippen molar-refractivity contribution >= 4 is 29.5 Å². The standard InChI is InChI=1S/C19H24N2O4S/c1-11-5-7-12(8-6-11)15-13-14(17(23)21(2)16(13)22)19(20-15,9-10-26-4)18(24)25-3/h5-8,13-15,20H,9-10H2,1-4H3/t13-,14+,15-,19-/m1/s1. The number of carbonyl (C=O) groups is 3. The van der Waals surface area contributed by atoms with E-state index in [1.807, 2.05) is 37.4 Å². The number of methoxy groups -OCH3 is 1. The molecule has 0 aliphatic carbocycles. The van der Waals surface area contributed by atoms with E-state index >= 15 is 0 Å². The van der Waals surface area contributed by atoms with Gasteiger partial charge in [-0.25, -0.2) is 0 Å². The molecule has 0 unspecified atom stereocenters. The third-order valence-corrected chi connectivity index (χ3v) is 6.17. The lowest BCUT2D eigenvalue weighted by atomic mass is 9.78. The van der Waals surface area contributed by atoms with Gasteiger partial charge in [0.1, 0.15) is 5.54 Å². The SMILES string of the molecule is COC(=O)[C@]1(CCSC)N[C@H](c2ccc(C)cc2)[C@@H]2C(=O)N(C)C(=O)[C@H]21. The van der Waals surface area contributed by atoms with Crippen molar-refractivity contribution in [1.29, 1.82) is 0 Å². The summed E-state index contributed by atoms with van der Waals surface area (Å²) < 4.78 is 5.07. The Balaban J connectivity index is 2.11. The average molecular weight is 376 g/mol. The fourth-order valence-electron chi connectivity index (χ4n) is 4.17. The van der Waals surface area contributed by atoms with E-state index in [1.54, 1.807) is 11.8 Å². The molecule has 0 saturated carbocycles. The lowest BCUT2D eigenvalue weighted by Crippen LogP contribution is -2.56. The normalized spacial score (nSPS) is 30.6. The average Bonchev–Trinajstić information content (AvgIpc) is 3.10. The van der Waals surface area contributed by atoms with Gasteiger partial charge in [0.15, 0.2) is 0 Å². The van der Waals surface area contributed by atoms with Crippen molar-refractivity contribution in [3.05, 3.63) is 35.4 Å². The van der Waals surface area contributed by atoms with E-state index in [-0.39, 0.29) is 11.8 Å². The Labute approximate surface area is 157 Å². The van der Waals surface area contributed by atoms with Crippen LogP contribution in [0.3, 0.4) is 0 Å². The van der Waals surface area contributed by atoms with Gasteiger partial charge in [0, 0.05) is 13.1 Å². The number of benzene rings is 1. The summed E-state index contributed by atoms with van der Waals surface area (Å²) >= 11 is 1.59. The predicted octanol–water partition coefficient (Wildman–Crippen LogP) is 1.54. The van der Waals surface area contributed by atoms with Crippen LogP contribution in [0, 0.1) is 18.8 Å². The fourth-order valence-corrected chi connectivity index (χ4v) is 4.70. The minimum absolute atomic E-state index is 0.243.